The topological polar surface area (TPSA) is 59.1 Å². The molecule has 3 rings (SSSR count). The summed E-state index contributed by atoms with van der Waals surface area (Å²) in [7, 11) is 5.06. The van der Waals surface area contributed by atoms with Crippen LogP contribution in [-0.4, -0.2) is 62.5 Å². The molecule has 0 radical (unpaired) electrons. The van der Waals surface area contributed by atoms with Gasteiger partial charge in [-0.3, -0.25) is 9.59 Å². The van der Waals surface area contributed by atoms with Gasteiger partial charge in [0.15, 0.2) is 0 Å². The second kappa shape index (κ2) is 8.63. The van der Waals surface area contributed by atoms with E-state index in [-0.39, 0.29) is 17.7 Å². The number of benzene rings is 1. The Morgan fingerprint density at radius 1 is 1.04 bits per heavy atom. The Labute approximate surface area is 161 Å². The molecule has 6 heteroatoms. The number of carbonyl (C=O) groups excluding carboxylic acids is 2. The number of rotatable bonds is 6. The summed E-state index contributed by atoms with van der Waals surface area (Å²) in [5.41, 5.74) is 0.554. The van der Waals surface area contributed by atoms with E-state index in [1.807, 2.05) is 16.8 Å². The van der Waals surface area contributed by atoms with Gasteiger partial charge >= 0.3 is 0 Å². The summed E-state index contributed by atoms with van der Waals surface area (Å²) in [4.78, 5) is 29.3. The van der Waals surface area contributed by atoms with E-state index in [2.05, 4.69) is 0 Å². The lowest BCUT2D eigenvalue weighted by molar-refractivity contribution is -0.136. The largest absolute Gasteiger partial charge is 0.497 e. The van der Waals surface area contributed by atoms with E-state index in [0.29, 0.717) is 36.1 Å². The Hall–Kier alpha value is -2.24. The molecular formula is C21H30N2O4. The summed E-state index contributed by atoms with van der Waals surface area (Å²) in [6.07, 6.45) is 5.23. The van der Waals surface area contributed by atoms with E-state index in [9.17, 15) is 9.59 Å². The molecule has 1 saturated heterocycles. The maximum absolute atomic E-state index is 12.9. The number of carbonyl (C=O) groups is 2. The summed E-state index contributed by atoms with van der Waals surface area (Å²) >= 11 is 0. The van der Waals surface area contributed by atoms with E-state index < -0.39 is 0 Å². The highest BCUT2D eigenvalue weighted by Gasteiger charge is 2.31. The Kier molecular flexibility index (Phi) is 6.24. The van der Waals surface area contributed by atoms with Crippen molar-refractivity contribution in [2.24, 2.45) is 11.8 Å². The third kappa shape index (κ3) is 4.54. The monoisotopic (exact) mass is 374 g/mol. The first-order valence-electron chi connectivity index (χ1n) is 9.79. The summed E-state index contributed by atoms with van der Waals surface area (Å²) in [5, 5.41) is 0. The molecule has 2 fully saturated rings. The average molecular weight is 374 g/mol. The van der Waals surface area contributed by atoms with Crippen LogP contribution < -0.4 is 9.47 Å². The van der Waals surface area contributed by atoms with Crippen molar-refractivity contribution in [1.29, 1.82) is 0 Å². The van der Waals surface area contributed by atoms with E-state index in [1.165, 1.54) is 19.3 Å². The lowest BCUT2D eigenvalue weighted by atomic mass is 9.85. The highest BCUT2D eigenvalue weighted by molar-refractivity contribution is 5.95. The number of hydrogen-bond donors (Lipinski definition) is 0. The molecule has 0 unspecified atom stereocenters. The van der Waals surface area contributed by atoms with Crippen molar-refractivity contribution in [1.82, 2.24) is 9.80 Å². The number of hydrogen-bond acceptors (Lipinski definition) is 4. The van der Waals surface area contributed by atoms with Crippen LogP contribution in [-0.2, 0) is 4.79 Å². The molecule has 6 nitrogen and oxygen atoms in total. The molecular weight excluding hydrogens is 344 g/mol. The molecule has 1 saturated carbocycles. The van der Waals surface area contributed by atoms with Crippen LogP contribution in [0.2, 0.25) is 0 Å². The zero-order valence-electron chi connectivity index (χ0n) is 16.6. The van der Waals surface area contributed by atoms with E-state index in [0.717, 1.165) is 19.4 Å². The Morgan fingerprint density at radius 3 is 2.11 bits per heavy atom. The molecule has 27 heavy (non-hydrogen) atoms. The number of likely N-dealkylation sites (tertiary alicyclic amines) is 1. The normalized spacial score (nSPS) is 18.0. The predicted molar refractivity (Wildman–Crippen MR) is 103 cm³/mol. The maximum Gasteiger partial charge on any atom is 0.254 e. The fraction of sp³-hybridized carbons (Fsp3) is 0.619. The lowest BCUT2D eigenvalue weighted by Gasteiger charge is -2.35. The highest BCUT2D eigenvalue weighted by Crippen LogP contribution is 2.29. The van der Waals surface area contributed by atoms with Crippen molar-refractivity contribution in [3.05, 3.63) is 23.8 Å². The first-order chi connectivity index (χ1) is 13.0. The zero-order valence-corrected chi connectivity index (χ0v) is 16.6. The molecule has 0 spiro atoms. The summed E-state index contributed by atoms with van der Waals surface area (Å²) < 4.78 is 10.5. The Balaban J connectivity index is 1.56. The first-order valence-corrected chi connectivity index (χ1v) is 9.79. The number of nitrogens with zero attached hydrogens (tertiary/aromatic N) is 2. The van der Waals surface area contributed by atoms with Crippen LogP contribution in [0.4, 0.5) is 0 Å². The molecule has 0 N–H and O–H groups in total. The number of amides is 2. The SMILES string of the molecule is COc1cc(OC)cc(C(=O)N2CCC(C(=O)N(C)CC3CCC3)CC2)c1. The van der Waals surface area contributed by atoms with Crippen molar-refractivity contribution in [3.63, 3.8) is 0 Å². The molecule has 0 aromatic heterocycles. The summed E-state index contributed by atoms with van der Waals surface area (Å²) in [6, 6.07) is 5.21. The average Bonchev–Trinajstić information content (AvgIpc) is 2.69. The lowest BCUT2D eigenvalue weighted by Crippen LogP contribution is -2.44. The van der Waals surface area contributed by atoms with Gasteiger partial charge in [-0.2, -0.15) is 0 Å². The van der Waals surface area contributed by atoms with Gasteiger partial charge in [-0.1, -0.05) is 6.42 Å². The van der Waals surface area contributed by atoms with Crippen LogP contribution >= 0.6 is 0 Å². The van der Waals surface area contributed by atoms with Crippen LogP contribution in [0.3, 0.4) is 0 Å². The maximum atomic E-state index is 12.9. The van der Waals surface area contributed by atoms with Crippen LogP contribution in [0.15, 0.2) is 18.2 Å². The Morgan fingerprint density at radius 2 is 1.63 bits per heavy atom. The van der Waals surface area contributed by atoms with Gasteiger partial charge in [0.2, 0.25) is 5.91 Å². The third-order valence-corrected chi connectivity index (χ3v) is 5.86. The smallest absolute Gasteiger partial charge is 0.254 e. The summed E-state index contributed by atoms with van der Waals surface area (Å²) in [6.45, 7) is 2.08. The van der Waals surface area contributed by atoms with E-state index in [1.54, 1.807) is 32.4 Å². The predicted octanol–water partition coefficient (Wildman–Crippen LogP) is 2.81. The second-order valence-electron chi connectivity index (χ2n) is 7.68. The van der Waals surface area contributed by atoms with Crippen molar-refractivity contribution in [3.8, 4) is 11.5 Å². The minimum absolute atomic E-state index is 0.0268. The Bertz CT molecular complexity index is 657. The van der Waals surface area contributed by atoms with Crippen LogP contribution in [0.25, 0.3) is 0 Å². The molecule has 1 heterocycles. The molecule has 2 amide bonds. The quantitative estimate of drug-likeness (QED) is 0.768. The molecule has 1 aromatic carbocycles. The molecule has 148 valence electrons. The van der Waals surface area contributed by atoms with Crippen LogP contribution in [0, 0.1) is 11.8 Å². The van der Waals surface area contributed by atoms with Gasteiger partial charge in [-0.25, -0.2) is 0 Å². The fourth-order valence-electron chi connectivity index (χ4n) is 3.91. The van der Waals surface area contributed by atoms with Gasteiger partial charge in [0.25, 0.3) is 5.91 Å². The summed E-state index contributed by atoms with van der Waals surface area (Å²) in [5.74, 6) is 2.10. The zero-order chi connectivity index (χ0) is 19.4. The van der Waals surface area contributed by atoms with Gasteiger partial charge in [-0.05, 0) is 43.7 Å². The van der Waals surface area contributed by atoms with Crippen molar-refractivity contribution in [2.45, 2.75) is 32.1 Å². The van der Waals surface area contributed by atoms with Gasteiger partial charge < -0.3 is 19.3 Å². The molecule has 2 aliphatic rings. The molecule has 1 aliphatic carbocycles. The molecule has 1 aromatic rings. The van der Waals surface area contributed by atoms with E-state index >= 15 is 0 Å². The van der Waals surface area contributed by atoms with Crippen LogP contribution in [0.1, 0.15) is 42.5 Å². The molecule has 0 atom stereocenters. The van der Waals surface area contributed by atoms with Gasteiger partial charge in [-0.15, -0.1) is 0 Å². The van der Waals surface area contributed by atoms with Gasteiger partial charge in [0.05, 0.1) is 14.2 Å². The fourth-order valence-corrected chi connectivity index (χ4v) is 3.91. The standard InChI is InChI=1S/C21H30N2O4/c1-22(14-15-5-4-6-15)20(24)16-7-9-23(10-8-16)21(25)17-11-18(26-2)13-19(12-17)27-3/h11-13,15-16H,4-10,14H2,1-3H3. The number of piperidine rings is 1. The van der Waals surface area contributed by atoms with Gasteiger partial charge in [0, 0.05) is 44.2 Å². The van der Waals surface area contributed by atoms with E-state index in [4.69, 9.17) is 9.47 Å². The third-order valence-electron chi connectivity index (χ3n) is 5.86. The van der Waals surface area contributed by atoms with Crippen LogP contribution in [0.5, 0.6) is 11.5 Å². The number of methoxy groups -OCH3 is 2. The minimum atomic E-state index is -0.0408. The molecule has 1 aliphatic heterocycles. The van der Waals surface area contributed by atoms with Crippen molar-refractivity contribution in [2.75, 3.05) is 40.9 Å². The highest BCUT2D eigenvalue weighted by atomic mass is 16.5. The van der Waals surface area contributed by atoms with Gasteiger partial charge in [0.1, 0.15) is 11.5 Å². The number of ether oxygens (including phenoxy) is 2. The van der Waals surface area contributed by atoms with Crippen molar-refractivity contribution < 1.29 is 19.1 Å². The minimum Gasteiger partial charge on any atom is -0.497 e. The molecule has 0 bridgehead atoms. The second-order valence-corrected chi connectivity index (χ2v) is 7.68. The van der Waals surface area contributed by atoms with Crippen molar-refractivity contribution >= 4 is 11.8 Å². The first kappa shape index (κ1) is 19.5.